The third kappa shape index (κ3) is 3.60. The van der Waals surface area contributed by atoms with Crippen LogP contribution in [0.15, 0.2) is 48.5 Å². The second kappa shape index (κ2) is 6.98. The number of benzene rings is 2. The minimum absolute atomic E-state index is 0.359. The van der Waals surface area contributed by atoms with Gasteiger partial charge in [0.15, 0.2) is 0 Å². The molecule has 2 bridgehead atoms. The fraction of sp³-hybridized carbons (Fsp3) is 0.500. The predicted octanol–water partition coefficient (Wildman–Crippen LogP) is 6.58. The molecule has 26 heavy (non-hydrogen) atoms. The fourth-order valence-corrected chi connectivity index (χ4v) is 5.70. The summed E-state index contributed by atoms with van der Waals surface area (Å²) >= 11 is 0. The average molecular weight is 349 g/mol. The van der Waals surface area contributed by atoms with E-state index in [0.29, 0.717) is 5.41 Å². The zero-order valence-corrected chi connectivity index (χ0v) is 16.4. The molecular formula is C24H32N2. The average Bonchev–Trinajstić information content (AvgIpc) is 2.61. The summed E-state index contributed by atoms with van der Waals surface area (Å²) in [5, 5.41) is 6.72. The van der Waals surface area contributed by atoms with E-state index >= 15 is 0 Å². The van der Waals surface area contributed by atoms with Crippen LogP contribution in [0.2, 0.25) is 0 Å². The molecule has 2 N–H and O–H groups in total. The largest absolute Gasteiger partial charge is 0.388 e. The molecule has 2 saturated carbocycles. The van der Waals surface area contributed by atoms with Crippen molar-refractivity contribution in [2.75, 3.05) is 17.7 Å². The molecule has 2 fully saturated rings. The summed E-state index contributed by atoms with van der Waals surface area (Å²) < 4.78 is 0. The fourth-order valence-electron chi connectivity index (χ4n) is 5.70. The molecule has 2 nitrogen and oxygen atoms in total. The van der Waals surface area contributed by atoms with E-state index < -0.39 is 0 Å². The van der Waals surface area contributed by atoms with Gasteiger partial charge in [-0.3, -0.25) is 0 Å². The SMILES string of the molecule is CNc1cccc(Nc2ccc(C3(C)CC4CC(C)CC(C4)C3)cc2)c1. The molecule has 0 radical (unpaired) electrons. The van der Waals surface area contributed by atoms with Crippen molar-refractivity contribution in [2.45, 2.75) is 51.4 Å². The van der Waals surface area contributed by atoms with Crippen molar-refractivity contribution in [2.24, 2.45) is 17.8 Å². The Balaban J connectivity index is 1.49. The molecular weight excluding hydrogens is 316 g/mol. The Hall–Kier alpha value is -1.96. The van der Waals surface area contributed by atoms with E-state index in [2.05, 4.69) is 73.0 Å². The standard InChI is InChI=1S/C24H32N2/c1-17-11-18-13-19(12-17)16-24(2,15-18)20-7-9-21(10-8-20)26-23-6-4-5-22(14-23)25-3/h4-10,14,17-19,25-26H,11-13,15-16H2,1-3H3. The number of rotatable bonds is 4. The zero-order valence-electron chi connectivity index (χ0n) is 16.4. The zero-order chi connectivity index (χ0) is 18.1. The second-order valence-electron chi connectivity index (χ2n) is 9.05. The third-order valence-corrected chi connectivity index (χ3v) is 6.64. The monoisotopic (exact) mass is 348 g/mol. The van der Waals surface area contributed by atoms with Gasteiger partial charge in [-0.05, 0) is 91.2 Å². The van der Waals surface area contributed by atoms with E-state index in [1.807, 2.05) is 7.05 Å². The second-order valence-corrected chi connectivity index (χ2v) is 9.05. The lowest BCUT2D eigenvalue weighted by molar-refractivity contribution is 0.0899. The first kappa shape index (κ1) is 17.5. The van der Waals surface area contributed by atoms with Gasteiger partial charge < -0.3 is 10.6 Å². The van der Waals surface area contributed by atoms with Gasteiger partial charge in [-0.1, -0.05) is 32.0 Å². The van der Waals surface area contributed by atoms with Crippen molar-refractivity contribution in [3.05, 3.63) is 54.1 Å². The number of hydrogen-bond donors (Lipinski definition) is 2. The first-order chi connectivity index (χ1) is 12.5. The van der Waals surface area contributed by atoms with E-state index in [4.69, 9.17) is 0 Å². The highest BCUT2D eigenvalue weighted by Crippen LogP contribution is 2.51. The summed E-state index contributed by atoms with van der Waals surface area (Å²) in [4.78, 5) is 0. The maximum atomic E-state index is 3.53. The van der Waals surface area contributed by atoms with Crippen LogP contribution in [-0.2, 0) is 5.41 Å². The van der Waals surface area contributed by atoms with E-state index in [-0.39, 0.29) is 0 Å². The molecule has 2 heteroatoms. The van der Waals surface area contributed by atoms with Crippen LogP contribution in [0.4, 0.5) is 17.1 Å². The third-order valence-electron chi connectivity index (χ3n) is 6.64. The summed E-state index contributed by atoms with van der Waals surface area (Å²) in [6, 6.07) is 17.6. The van der Waals surface area contributed by atoms with Crippen molar-refractivity contribution < 1.29 is 0 Å². The van der Waals surface area contributed by atoms with Crippen LogP contribution in [0.3, 0.4) is 0 Å². The predicted molar refractivity (Wildman–Crippen MR) is 112 cm³/mol. The van der Waals surface area contributed by atoms with E-state index in [9.17, 15) is 0 Å². The van der Waals surface area contributed by atoms with Gasteiger partial charge in [0, 0.05) is 24.1 Å². The Morgan fingerprint density at radius 3 is 2.15 bits per heavy atom. The van der Waals surface area contributed by atoms with Crippen LogP contribution in [0.5, 0.6) is 0 Å². The number of hydrogen-bond acceptors (Lipinski definition) is 2. The molecule has 4 rings (SSSR count). The van der Waals surface area contributed by atoms with Gasteiger partial charge in [0.1, 0.15) is 0 Å². The van der Waals surface area contributed by atoms with Crippen LogP contribution in [0.1, 0.15) is 51.5 Å². The Bertz CT molecular complexity index is 731. The van der Waals surface area contributed by atoms with Gasteiger partial charge in [0.25, 0.3) is 0 Å². The first-order valence-electron chi connectivity index (χ1n) is 10.2. The van der Waals surface area contributed by atoms with E-state index in [0.717, 1.165) is 34.8 Å². The molecule has 2 unspecified atom stereocenters. The van der Waals surface area contributed by atoms with E-state index in [1.54, 1.807) is 0 Å². The molecule has 0 amide bonds. The lowest BCUT2D eigenvalue weighted by Crippen LogP contribution is -2.38. The summed E-state index contributed by atoms with van der Waals surface area (Å²) in [6.45, 7) is 4.95. The smallest absolute Gasteiger partial charge is 0.0404 e. The van der Waals surface area contributed by atoms with Gasteiger partial charge in [0.2, 0.25) is 0 Å². The molecule has 2 aromatic rings. The summed E-state index contributed by atoms with van der Waals surface area (Å²) in [5.41, 5.74) is 5.30. The Kier molecular flexibility index (Phi) is 4.69. The van der Waals surface area contributed by atoms with Crippen LogP contribution in [-0.4, -0.2) is 7.05 Å². The number of fused-ring (bicyclic) bond motifs is 2. The molecule has 0 heterocycles. The highest BCUT2D eigenvalue weighted by molar-refractivity contribution is 5.64. The summed E-state index contributed by atoms with van der Waals surface area (Å²) in [7, 11) is 1.95. The molecule has 0 saturated heterocycles. The normalized spacial score (nSPS) is 30.7. The van der Waals surface area contributed by atoms with Crippen LogP contribution in [0.25, 0.3) is 0 Å². The van der Waals surface area contributed by atoms with Crippen molar-refractivity contribution in [1.82, 2.24) is 0 Å². The van der Waals surface area contributed by atoms with Crippen molar-refractivity contribution in [3.8, 4) is 0 Å². The van der Waals surface area contributed by atoms with Gasteiger partial charge in [0.05, 0.1) is 0 Å². The lowest BCUT2D eigenvalue weighted by atomic mass is 9.57. The molecule has 0 spiro atoms. The topological polar surface area (TPSA) is 24.1 Å². The van der Waals surface area contributed by atoms with Crippen molar-refractivity contribution in [1.29, 1.82) is 0 Å². The maximum Gasteiger partial charge on any atom is 0.0404 e. The molecule has 2 aliphatic carbocycles. The first-order valence-corrected chi connectivity index (χ1v) is 10.2. The van der Waals surface area contributed by atoms with Crippen molar-refractivity contribution >= 4 is 17.1 Å². The van der Waals surface area contributed by atoms with Crippen LogP contribution >= 0.6 is 0 Å². The highest BCUT2D eigenvalue weighted by atomic mass is 14.9. The minimum Gasteiger partial charge on any atom is -0.388 e. The number of anilines is 3. The lowest BCUT2D eigenvalue weighted by Gasteiger charge is -2.47. The quantitative estimate of drug-likeness (QED) is 0.652. The minimum atomic E-state index is 0.359. The van der Waals surface area contributed by atoms with Crippen LogP contribution < -0.4 is 10.6 Å². The maximum absolute atomic E-state index is 3.53. The Morgan fingerprint density at radius 2 is 1.50 bits per heavy atom. The van der Waals surface area contributed by atoms with Crippen LogP contribution in [0, 0.1) is 17.8 Å². The molecule has 138 valence electrons. The molecule has 0 aliphatic heterocycles. The van der Waals surface area contributed by atoms with E-state index in [1.165, 1.54) is 37.7 Å². The molecule has 2 aliphatic rings. The summed E-state index contributed by atoms with van der Waals surface area (Å²) in [6.07, 6.45) is 7.08. The van der Waals surface area contributed by atoms with Gasteiger partial charge in [-0.15, -0.1) is 0 Å². The van der Waals surface area contributed by atoms with Crippen molar-refractivity contribution in [3.63, 3.8) is 0 Å². The highest BCUT2D eigenvalue weighted by Gasteiger charge is 2.41. The van der Waals surface area contributed by atoms with Gasteiger partial charge in [-0.25, -0.2) is 0 Å². The molecule has 2 atom stereocenters. The summed E-state index contributed by atoms with van der Waals surface area (Å²) in [5.74, 6) is 2.80. The van der Waals surface area contributed by atoms with Gasteiger partial charge in [-0.2, -0.15) is 0 Å². The molecule has 0 aromatic heterocycles. The Labute approximate surface area is 158 Å². The van der Waals surface area contributed by atoms with Gasteiger partial charge >= 0.3 is 0 Å². The Morgan fingerprint density at radius 1 is 0.846 bits per heavy atom. The molecule has 2 aromatic carbocycles. The number of nitrogens with one attached hydrogen (secondary N) is 2.